The van der Waals surface area contributed by atoms with Gasteiger partial charge in [-0.25, -0.2) is 9.97 Å². The van der Waals surface area contributed by atoms with Gasteiger partial charge in [0.2, 0.25) is 5.88 Å². The van der Waals surface area contributed by atoms with E-state index in [4.69, 9.17) is 4.74 Å². The summed E-state index contributed by atoms with van der Waals surface area (Å²) in [6, 6.07) is 17.9. The van der Waals surface area contributed by atoms with Crippen molar-refractivity contribution < 1.29 is 4.74 Å². The van der Waals surface area contributed by atoms with Gasteiger partial charge in [0.25, 0.3) is 0 Å². The SMILES string of the molecule is Cc1nc2ccccc2nc1OC/C=C/c1ccccc1. The van der Waals surface area contributed by atoms with Gasteiger partial charge in [-0.2, -0.15) is 0 Å². The van der Waals surface area contributed by atoms with Crippen molar-refractivity contribution in [2.75, 3.05) is 6.61 Å². The summed E-state index contributed by atoms with van der Waals surface area (Å²) in [5, 5.41) is 0. The molecule has 0 bridgehead atoms. The van der Waals surface area contributed by atoms with E-state index in [1.807, 2.05) is 61.5 Å². The van der Waals surface area contributed by atoms with E-state index in [2.05, 4.69) is 22.1 Å². The number of rotatable bonds is 4. The third-order valence-electron chi connectivity index (χ3n) is 3.13. The molecule has 0 aliphatic rings. The highest BCUT2D eigenvalue weighted by molar-refractivity contribution is 5.74. The molecule has 3 heteroatoms. The Kier molecular flexibility index (Phi) is 3.92. The van der Waals surface area contributed by atoms with E-state index in [0.717, 1.165) is 22.3 Å². The maximum Gasteiger partial charge on any atom is 0.236 e. The summed E-state index contributed by atoms with van der Waals surface area (Å²) in [4.78, 5) is 9.00. The van der Waals surface area contributed by atoms with Crippen LogP contribution in [0.2, 0.25) is 0 Å². The molecule has 2 aromatic carbocycles. The molecule has 0 saturated heterocycles. The molecule has 1 heterocycles. The lowest BCUT2D eigenvalue weighted by Gasteiger charge is -2.06. The van der Waals surface area contributed by atoms with Crippen molar-refractivity contribution in [1.82, 2.24) is 9.97 Å². The third kappa shape index (κ3) is 3.26. The van der Waals surface area contributed by atoms with Crippen LogP contribution in [0.1, 0.15) is 11.3 Å². The Morgan fingerprint density at radius 1 is 0.905 bits per heavy atom. The van der Waals surface area contributed by atoms with Gasteiger partial charge >= 0.3 is 0 Å². The normalized spacial score (nSPS) is 11.1. The zero-order valence-electron chi connectivity index (χ0n) is 11.9. The molecule has 0 N–H and O–H groups in total. The standard InChI is InChI=1S/C18H16N2O/c1-14-18(20-17-12-6-5-11-16(17)19-14)21-13-7-10-15-8-3-2-4-9-15/h2-12H,13H2,1H3/b10-7+. The minimum atomic E-state index is 0.475. The monoisotopic (exact) mass is 276 g/mol. The highest BCUT2D eigenvalue weighted by atomic mass is 16.5. The van der Waals surface area contributed by atoms with Crippen molar-refractivity contribution in [3.8, 4) is 5.88 Å². The van der Waals surface area contributed by atoms with Crippen LogP contribution in [0, 0.1) is 6.92 Å². The van der Waals surface area contributed by atoms with Crippen molar-refractivity contribution in [2.45, 2.75) is 6.92 Å². The molecule has 1 aromatic heterocycles. The van der Waals surface area contributed by atoms with Crippen molar-refractivity contribution >= 4 is 17.1 Å². The first kappa shape index (κ1) is 13.3. The van der Waals surface area contributed by atoms with Gasteiger partial charge < -0.3 is 4.74 Å². The van der Waals surface area contributed by atoms with Gasteiger partial charge in [-0.3, -0.25) is 0 Å². The molecule has 3 nitrogen and oxygen atoms in total. The molecule has 3 aromatic rings. The zero-order valence-corrected chi connectivity index (χ0v) is 11.9. The Morgan fingerprint density at radius 2 is 1.57 bits per heavy atom. The fraction of sp³-hybridized carbons (Fsp3) is 0.111. The fourth-order valence-electron chi connectivity index (χ4n) is 2.08. The van der Waals surface area contributed by atoms with E-state index in [1.54, 1.807) is 0 Å². The minimum absolute atomic E-state index is 0.475. The van der Waals surface area contributed by atoms with Gasteiger partial charge in [0.05, 0.1) is 11.0 Å². The molecule has 3 rings (SSSR count). The lowest BCUT2D eigenvalue weighted by molar-refractivity contribution is 0.346. The summed E-state index contributed by atoms with van der Waals surface area (Å²) < 4.78 is 5.71. The summed E-state index contributed by atoms with van der Waals surface area (Å²) in [7, 11) is 0. The predicted molar refractivity (Wildman–Crippen MR) is 85.2 cm³/mol. The molecule has 0 unspecified atom stereocenters. The molecule has 0 radical (unpaired) electrons. The van der Waals surface area contributed by atoms with Gasteiger partial charge in [-0.1, -0.05) is 48.5 Å². The summed E-state index contributed by atoms with van der Waals surface area (Å²) in [5.41, 5.74) is 3.71. The lowest BCUT2D eigenvalue weighted by Crippen LogP contribution is -2.00. The number of aryl methyl sites for hydroxylation is 1. The largest absolute Gasteiger partial charge is 0.472 e. The van der Waals surface area contributed by atoms with Crippen molar-refractivity contribution in [3.05, 3.63) is 71.9 Å². The molecule has 0 atom stereocenters. The Balaban J connectivity index is 1.70. The van der Waals surface area contributed by atoms with E-state index in [0.29, 0.717) is 12.5 Å². The van der Waals surface area contributed by atoms with E-state index >= 15 is 0 Å². The number of ether oxygens (including phenoxy) is 1. The smallest absolute Gasteiger partial charge is 0.236 e. The van der Waals surface area contributed by atoms with Gasteiger partial charge in [0.15, 0.2) is 0 Å². The topological polar surface area (TPSA) is 35.0 Å². The molecule has 0 spiro atoms. The van der Waals surface area contributed by atoms with Crippen LogP contribution in [0.5, 0.6) is 5.88 Å². The molecular weight excluding hydrogens is 260 g/mol. The number of fused-ring (bicyclic) bond motifs is 1. The first-order chi connectivity index (χ1) is 10.3. The van der Waals surface area contributed by atoms with E-state index < -0.39 is 0 Å². The second-order valence-electron chi connectivity index (χ2n) is 4.73. The number of nitrogens with zero attached hydrogens (tertiary/aromatic N) is 2. The van der Waals surface area contributed by atoms with E-state index in [9.17, 15) is 0 Å². The highest BCUT2D eigenvalue weighted by Gasteiger charge is 2.04. The minimum Gasteiger partial charge on any atom is -0.472 e. The van der Waals surface area contributed by atoms with Crippen LogP contribution in [0.3, 0.4) is 0 Å². The molecule has 21 heavy (non-hydrogen) atoms. The molecule has 0 aliphatic carbocycles. The van der Waals surface area contributed by atoms with Gasteiger partial charge in [0, 0.05) is 0 Å². The van der Waals surface area contributed by atoms with Crippen molar-refractivity contribution in [3.63, 3.8) is 0 Å². The number of hydrogen-bond acceptors (Lipinski definition) is 3. The zero-order chi connectivity index (χ0) is 14.5. The van der Waals surface area contributed by atoms with Crippen molar-refractivity contribution in [2.24, 2.45) is 0 Å². The Hall–Kier alpha value is -2.68. The lowest BCUT2D eigenvalue weighted by atomic mass is 10.2. The Labute approximate surface area is 123 Å². The predicted octanol–water partition coefficient (Wildman–Crippen LogP) is 4.03. The van der Waals surface area contributed by atoms with Crippen molar-refractivity contribution in [1.29, 1.82) is 0 Å². The van der Waals surface area contributed by atoms with Crippen LogP contribution in [0.15, 0.2) is 60.7 Å². The van der Waals surface area contributed by atoms with Crippen LogP contribution < -0.4 is 4.74 Å². The molecular formula is C18H16N2O. The molecule has 104 valence electrons. The quantitative estimate of drug-likeness (QED) is 0.721. The Morgan fingerprint density at radius 3 is 2.33 bits per heavy atom. The highest BCUT2D eigenvalue weighted by Crippen LogP contribution is 2.17. The molecule has 0 aliphatic heterocycles. The number of aromatic nitrogens is 2. The van der Waals surface area contributed by atoms with Crippen LogP contribution in [-0.2, 0) is 0 Å². The average molecular weight is 276 g/mol. The summed E-state index contributed by atoms with van der Waals surface area (Å²) in [5.74, 6) is 0.589. The molecule has 0 saturated carbocycles. The molecule has 0 fully saturated rings. The first-order valence-electron chi connectivity index (χ1n) is 6.91. The van der Waals surface area contributed by atoms with Crippen LogP contribution in [0.4, 0.5) is 0 Å². The van der Waals surface area contributed by atoms with E-state index in [-0.39, 0.29) is 0 Å². The second kappa shape index (κ2) is 6.18. The number of hydrogen-bond donors (Lipinski definition) is 0. The first-order valence-corrected chi connectivity index (χ1v) is 6.91. The number of para-hydroxylation sites is 2. The summed E-state index contributed by atoms with van der Waals surface area (Å²) >= 11 is 0. The van der Waals surface area contributed by atoms with Crippen LogP contribution >= 0.6 is 0 Å². The van der Waals surface area contributed by atoms with Crippen LogP contribution in [0.25, 0.3) is 17.1 Å². The summed E-state index contributed by atoms with van der Waals surface area (Å²) in [6.07, 6.45) is 4.01. The van der Waals surface area contributed by atoms with Crippen LogP contribution in [-0.4, -0.2) is 16.6 Å². The Bertz CT molecular complexity index is 767. The average Bonchev–Trinajstić information content (AvgIpc) is 2.53. The summed E-state index contributed by atoms with van der Waals surface area (Å²) in [6.45, 7) is 2.39. The van der Waals surface area contributed by atoms with Gasteiger partial charge in [0.1, 0.15) is 12.3 Å². The third-order valence-corrected chi connectivity index (χ3v) is 3.13. The van der Waals surface area contributed by atoms with Gasteiger partial charge in [-0.15, -0.1) is 0 Å². The van der Waals surface area contributed by atoms with E-state index in [1.165, 1.54) is 0 Å². The maximum atomic E-state index is 5.71. The van der Waals surface area contributed by atoms with Gasteiger partial charge in [-0.05, 0) is 30.7 Å². The fourth-order valence-corrected chi connectivity index (χ4v) is 2.08. The number of benzene rings is 2. The molecule has 0 amide bonds. The second-order valence-corrected chi connectivity index (χ2v) is 4.73. The maximum absolute atomic E-state index is 5.71.